The molecule has 0 atom stereocenters. The Kier molecular flexibility index (Phi) is 5.38. The van der Waals surface area contributed by atoms with Gasteiger partial charge in [0.2, 0.25) is 0 Å². The molecule has 2 N–H and O–H groups in total. The van der Waals surface area contributed by atoms with Crippen LogP contribution in [0.2, 0.25) is 10.0 Å². The van der Waals surface area contributed by atoms with Crippen LogP contribution in [-0.4, -0.2) is 16.7 Å². The molecule has 124 valence electrons. The predicted molar refractivity (Wildman–Crippen MR) is 89.2 cm³/mol. The molecule has 2 rings (SSSR count). The normalized spacial score (nSPS) is 10.1. The lowest BCUT2D eigenvalue weighted by molar-refractivity contribution is -0.385. The lowest BCUT2D eigenvalue weighted by Gasteiger charge is -2.09. The second-order valence-electron chi connectivity index (χ2n) is 4.79. The topological polar surface area (TPSA) is 101 Å². The van der Waals surface area contributed by atoms with E-state index in [2.05, 4.69) is 10.9 Å². The average molecular weight is 368 g/mol. The zero-order valence-electron chi connectivity index (χ0n) is 12.3. The first-order valence-corrected chi connectivity index (χ1v) is 7.36. The summed E-state index contributed by atoms with van der Waals surface area (Å²) in [4.78, 5) is 34.2. The molecule has 0 heterocycles. The van der Waals surface area contributed by atoms with Crippen molar-refractivity contribution >= 4 is 40.7 Å². The fraction of sp³-hybridized carbons (Fsp3) is 0.0667. The summed E-state index contributed by atoms with van der Waals surface area (Å²) in [6, 6.07) is 8.21. The standard InChI is InChI=1S/C15H11Cl2N3O4/c1-8-6-9(2-5-13(8)20(23)24)14(21)18-19-15(22)11-7-10(16)3-4-12(11)17/h2-7H,1H3,(H,18,21)(H,19,22). The first kappa shape index (κ1) is 17.7. The van der Waals surface area contributed by atoms with Crippen LogP contribution >= 0.6 is 23.2 Å². The molecule has 0 bridgehead atoms. The number of hydrogen-bond acceptors (Lipinski definition) is 4. The van der Waals surface area contributed by atoms with Gasteiger partial charge in [-0.15, -0.1) is 0 Å². The molecule has 2 aromatic rings. The maximum atomic E-state index is 12.0. The van der Waals surface area contributed by atoms with E-state index in [9.17, 15) is 19.7 Å². The zero-order valence-corrected chi connectivity index (χ0v) is 13.8. The molecule has 0 saturated heterocycles. The van der Waals surface area contributed by atoms with Gasteiger partial charge in [0, 0.05) is 22.2 Å². The van der Waals surface area contributed by atoms with E-state index in [1.165, 1.54) is 43.3 Å². The number of carbonyl (C=O) groups excluding carboxylic acids is 2. The first-order chi connectivity index (χ1) is 11.3. The maximum Gasteiger partial charge on any atom is 0.272 e. The number of aryl methyl sites for hydroxylation is 1. The lowest BCUT2D eigenvalue weighted by atomic mass is 10.1. The summed E-state index contributed by atoms with van der Waals surface area (Å²) in [6.07, 6.45) is 0. The van der Waals surface area contributed by atoms with E-state index in [0.717, 1.165) is 0 Å². The van der Waals surface area contributed by atoms with Crippen molar-refractivity contribution in [1.29, 1.82) is 0 Å². The van der Waals surface area contributed by atoms with Crippen molar-refractivity contribution < 1.29 is 14.5 Å². The molecule has 0 saturated carbocycles. The quantitative estimate of drug-likeness (QED) is 0.641. The summed E-state index contributed by atoms with van der Waals surface area (Å²) in [5.74, 6) is -1.27. The highest BCUT2D eigenvalue weighted by Gasteiger charge is 2.15. The Hall–Kier alpha value is -2.64. The summed E-state index contributed by atoms with van der Waals surface area (Å²) in [5, 5.41) is 11.3. The van der Waals surface area contributed by atoms with Crippen LogP contribution < -0.4 is 10.9 Å². The first-order valence-electron chi connectivity index (χ1n) is 6.60. The SMILES string of the molecule is Cc1cc(C(=O)NNC(=O)c2cc(Cl)ccc2Cl)ccc1[N+](=O)[O-]. The molecule has 9 heteroatoms. The van der Waals surface area contributed by atoms with Crippen LogP contribution in [0.15, 0.2) is 36.4 Å². The minimum absolute atomic E-state index is 0.0960. The molecule has 0 aliphatic carbocycles. The van der Waals surface area contributed by atoms with Gasteiger partial charge in [0.25, 0.3) is 17.5 Å². The van der Waals surface area contributed by atoms with Gasteiger partial charge < -0.3 is 0 Å². The Labute approximate surface area is 146 Å². The number of hydrazine groups is 1. The van der Waals surface area contributed by atoms with E-state index in [1.807, 2.05) is 0 Å². The Morgan fingerprint density at radius 1 is 1.04 bits per heavy atom. The fourth-order valence-electron chi connectivity index (χ4n) is 1.93. The van der Waals surface area contributed by atoms with Crippen molar-refractivity contribution in [3.8, 4) is 0 Å². The van der Waals surface area contributed by atoms with Gasteiger partial charge in [-0.05, 0) is 37.3 Å². The minimum atomic E-state index is -0.644. The molecule has 2 aromatic carbocycles. The second-order valence-corrected chi connectivity index (χ2v) is 5.63. The number of nitro groups is 1. The van der Waals surface area contributed by atoms with Gasteiger partial charge in [-0.1, -0.05) is 23.2 Å². The molecular weight excluding hydrogens is 357 g/mol. The van der Waals surface area contributed by atoms with Crippen LogP contribution in [0.5, 0.6) is 0 Å². The van der Waals surface area contributed by atoms with Crippen molar-refractivity contribution in [2.24, 2.45) is 0 Å². The fourth-order valence-corrected chi connectivity index (χ4v) is 2.30. The largest absolute Gasteiger partial charge is 0.272 e. The van der Waals surface area contributed by atoms with Gasteiger partial charge in [-0.2, -0.15) is 0 Å². The van der Waals surface area contributed by atoms with E-state index in [1.54, 1.807) is 0 Å². The van der Waals surface area contributed by atoms with Crippen LogP contribution in [-0.2, 0) is 0 Å². The van der Waals surface area contributed by atoms with Crippen LogP contribution in [0.4, 0.5) is 5.69 Å². The monoisotopic (exact) mass is 367 g/mol. The van der Waals surface area contributed by atoms with Gasteiger partial charge in [0.15, 0.2) is 0 Å². The number of hydrogen-bond donors (Lipinski definition) is 2. The number of carbonyl (C=O) groups is 2. The molecule has 0 aliphatic rings. The third kappa shape index (κ3) is 4.01. The molecule has 7 nitrogen and oxygen atoms in total. The van der Waals surface area contributed by atoms with Crippen LogP contribution in [0.25, 0.3) is 0 Å². The molecule has 0 aliphatic heterocycles. The summed E-state index contributed by atoms with van der Waals surface area (Å²) < 4.78 is 0. The Morgan fingerprint density at radius 2 is 1.71 bits per heavy atom. The lowest BCUT2D eigenvalue weighted by Crippen LogP contribution is -2.41. The van der Waals surface area contributed by atoms with E-state index in [0.29, 0.717) is 10.6 Å². The van der Waals surface area contributed by atoms with Crippen molar-refractivity contribution in [1.82, 2.24) is 10.9 Å². The number of amides is 2. The maximum absolute atomic E-state index is 12.0. The van der Waals surface area contributed by atoms with Crippen molar-refractivity contribution in [2.75, 3.05) is 0 Å². The highest BCUT2D eigenvalue weighted by molar-refractivity contribution is 6.35. The molecule has 0 aromatic heterocycles. The van der Waals surface area contributed by atoms with Gasteiger partial charge in [0.05, 0.1) is 15.5 Å². The number of halogens is 2. The Bertz CT molecular complexity index is 839. The van der Waals surface area contributed by atoms with Gasteiger partial charge in [-0.25, -0.2) is 0 Å². The number of nitro benzene ring substituents is 1. The number of rotatable bonds is 3. The molecule has 0 unspecified atom stereocenters. The highest BCUT2D eigenvalue weighted by Crippen LogP contribution is 2.20. The molecule has 0 radical (unpaired) electrons. The van der Waals surface area contributed by atoms with Crippen molar-refractivity contribution in [2.45, 2.75) is 6.92 Å². The second kappa shape index (κ2) is 7.29. The summed E-state index contributed by atoms with van der Waals surface area (Å²) in [7, 11) is 0. The van der Waals surface area contributed by atoms with E-state index >= 15 is 0 Å². The highest BCUT2D eigenvalue weighted by atomic mass is 35.5. The van der Waals surface area contributed by atoms with Gasteiger partial charge in [-0.3, -0.25) is 30.6 Å². The summed E-state index contributed by atoms with van der Waals surface area (Å²) in [5.41, 5.74) is 4.91. The number of nitrogens with one attached hydrogen (secondary N) is 2. The summed E-state index contributed by atoms with van der Waals surface area (Å²) in [6.45, 7) is 1.51. The van der Waals surface area contributed by atoms with E-state index in [4.69, 9.17) is 23.2 Å². The Morgan fingerprint density at radius 3 is 2.33 bits per heavy atom. The van der Waals surface area contributed by atoms with E-state index in [-0.39, 0.29) is 21.8 Å². The van der Waals surface area contributed by atoms with Gasteiger partial charge >= 0.3 is 0 Å². The predicted octanol–water partition coefficient (Wildman–Crippen LogP) is 3.28. The van der Waals surface area contributed by atoms with Gasteiger partial charge in [0.1, 0.15) is 0 Å². The third-order valence-corrected chi connectivity index (χ3v) is 3.68. The molecular formula is C15H11Cl2N3O4. The number of nitrogens with zero attached hydrogens (tertiary/aromatic N) is 1. The third-order valence-electron chi connectivity index (χ3n) is 3.12. The summed E-state index contributed by atoms with van der Waals surface area (Å²) >= 11 is 11.7. The van der Waals surface area contributed by atoms with Crippen molar-refractivity contribution in [3.63, 3.8) is 0 Å². The zero-order chi connectivity index (χ0) is 17.9. The smallest absolute Gasteiger partial charge is 0.267 e. The minimum Gasteiger partial charge on any atom is -0.267 e. The molecule has 24 heavy (non-hydrogen) atoms. The van der Waals surface area contributed by atoms with Crippen molar-refractivity contribution in [3.05, 3.63) is 73.2 Å². The molecule has 0 spiro atoms. The Balaban J connectivity index is 2.08. The van der Waals surface area contributed by atoms with Crippen LogP contribution in [0.1, 0.15) is 26.3 Å². The average Bonchev–Trinajstić information content (AvgIpc) is 2.54. The van der Waals surface area contributed by atoms with Crippen LogP contribution in [0.3, 0.4) is 0 Å². The molecule has 0 fully saturated rings. The number of benzene rings is 2. The molecule has 2 amide bonds. The van der Waals surface area contributed by atoms with Crippen LogP contribution in [0, 0.1) is 17.0 Å². The van der Waals surface area contributed by atoms with E-state index < -0.39 is 16.7 Å².